The van der Waals surface area contributed by atoms with Gasteiger partial charge in [0.15, 0.2) is 5.82 Å². The van der Waals surface area contributed by atoms with Crippen LogP contribution in [0.3, 0.4) is 0 Å². The molecule has 10 heteroatoms. The van der Waals surface area contributed by atoms with Gasteiger partial charge in [0, 0.05) is 37.0 Å². The summed E-state index contributed by atoms with van der Waals surface area (Å²) >= 11 is 1.47. The molecule has 5 heterocycles. The second-order valence-corrected chi connectivity index (χ2v) is 9.57. The van der Waals surface area contributed by atoms with Gasteiger partial charge in [0.05, 0.1) is 11.9 Å². The third-order valence-electron chi connectivity index (χ3n) is 6.03. The number of aromatic nitrogens is 6. The van der Waals surface area contributed by atoms with Crippen molar-refractivity contribution in [1.29, 1.82) is 0 Å². The predicted molar refractivity (Wildman–Crippen MR) is 122 cm³/mol. The van der Waals surface area contributed by atoms with Crippen LogP contribution >= 0.6 is 11.3 Å². The van der Waals surface area contributed by atoms with Crippen molar-refractivity contribution in [2.24, 2.45) is 5.92 Å². The lowest BCUT2D eigenvalue weighted by Crippen LogP contribution is -2.38. The minimum atomic E-state index is 0.0730. The second kappa shape index (κ2) is 8.50. The molecule has 0 saturated carbocycles. The van der Waals surface area contributed by atoms with Crippen molar-refractivity contribution in [2.45, 2.75) is 52.6 Å². The lowest BCUT2D eigenvalue weighted by Gasteiger charge is -2.33. The Morgan fingerprint density at radius 1 is 1.19 bits per heavy atom. The summed E-state index contributed by atoms with van der Waals surface area (Å²) in [5.74, 6) is 1.47. The van der Waals surface area contributed by atoms with Crippen LogP contribution in [-0.4, -0.2) is 48.9 Å². The summed E-state index contributed by atoms with van der Waals surface area (Å²) in [5, 5.41) is 9.32. The molecule has 1 fully saturated rings. The first-order valence-corrected chi connectivity index (χ1v) is 11.8. The van der Waals surface area contributed by atoms with Crippen LogP contribution in [0, 0.1) is 12.8 Å². The number of piperidine rings is 1. The number of hydrogen-bond acceptors (Lipinski definition) is 9. The molecule has 0 N–H and O–H groups in total. The van der Waals surface area contributed by atoms with Crippen LogP contribution in [0.2, 0.25) is 0 Å². The van der Waals surface area contributed by atoms with E-state index in [1.165, 1.54) is 11.3 Å². The standard InChI is InChI=1S/C22H27N7O2S/c1-13(2)19-25-20(31-27-19)28-9-6-16(7-10-28)15(4)30-22-26-29-12-18(24-21(29)32-22)17-5-8-23-11-14(17)3/h5,8,11-13,15-16H,6-7,9-10H2,1-4H3. The van der Waals surface area contributed by atoms with Crippen LogP contribution in [0.25, 0.3) is 16.2 Å². The lowest BCUT2D eigenvalue weighted by molar-refractivity contribution is 0.130. The third kappa shape index (κ3) is 4.06. The summed E-state index contributed by atoms with van der Waals surface area (Å²) in [6, 6.07) is 2.60. The molecule has 4 aromatic rings. The maximum atomic E-state index is 6.21. The molecule has 1 atom stereocenters. The number of hydrogen-bond donors (Lipinski definition) is 0. The zero-order valence-corrected chi connectivity index (χ0v) is 19.5. The van der Waals surface area contributed by atoms with E-state index in [-0.39, 0.29) is 12.0 Å². The van der Waals surface area contributed by atoms with Gasteiger partial charge < -0.3 is 14.2 Å². The number of nitrogens with zero attached hydrogens (tertiary/aromatic N) is 7. The fourth-order valence-corrected chi connectivity index (χ4v) is 4.84. The molecular weight excluding hydrogens is 426 g/mol. The third-order valence-corrected chi connectivity index (χ3v) is 6.84. The number of anilines is 1. The maximum absolute atomic E-state index is 6.21. The van der Waals surface area contributed by atoms with Crippen LogP contribution in [0.5, 0.6) is 5.19 Å². The molecule has 1 aliphatic heterocycles. The average molecular weight is 454 g/mol. The molecule has 9 nitrogen and oxygen atoms in total. The van der Waals surface area contributed by atoms with Gasteiger partial charge >= 0.3 is 6.01 Å². The first-order valence-electron chi connectivity index (χ1n) is 11.0. The van der Waals surface area contributed by atoms with Gasteiger partial charge in [0.2, 0.25) is 4.96 Å². The molecule has 0 bridgehead atoms. The Bertz CT molecular complexity index is 1170. The van der Waals surface area contributed by atoms with Crippen LogP contribution in [0.4, 0.5) is 6.01 Å². The van der Waals surface area contributed by atoms with E-state index in [0.29, 0.717) is 17.1 Å². The molecular formula is C22H27N7O2S. The number of pyridine rings is 1. The summed E-state index contributed by atoms with van der Waals surface area (Å²) < 4.78 is 13.5. The van der Waals surface area contributed by atoms with Gasteiger partial charge in [-0.1, -0.05) is 19.0 Å². The topological polar surface area (TPSA) is 94.5 Å². The van der Waals surface area contributed by atoms with Crippen molar-refractivity contribution in [3.63, 3.8) is 0 Å². The molecule has 0 radical (unpaired) electrons. The number of aryl methyl sites for hydroxylation is 1. The minimum absolute atomic E-state index is 0.0730. The summed E-state index contributed by atoms with van der Waals surface area (Å²) in [4.78, 5) is 16.4. The molecule has 0 amide bonds. The highest BCUT2D eigenvalue weighted by atomic mass is 32.1. The SMILES string of the molecule is Cc1cnccc1-c1cn2nc(OC(C)C3CCN(c4nc(C(C)C)no4)CC3)sc2n1. The second-order valence-electron chi connectivity index (χ2n) is 8.65. The Hall–Kier alpha value is -3.01. The molecule has 1 aliphatic rings. The van der Waals surface area contributed by atoms with Gasteiger partial charge in [0.25, 0.3) is 5.19 Å². The van der Waals surface area contributed by atoms with Crippen molar-refractivity contribution in [1.82, 2.24) is 29.7 Å². The highest BCUT2D eigenvalue weighted by Crippen LogP contribution is 2.31. The summed E-state index contributed by atoms with van der Waals surface area (Å²) in [6.45, 7) is 10.1. The zero-order valence-electron chi connectivity index (χ0n) is 18.7. The van der Waals surface area contributed by atoms with Crippen LogP contribution in [0.1, 0.15) is 50.9 Å². The molecule has 0 spiro atoms. The molecule has 0 aromatic carbocycles. The van der Waals surface area contributed by atoms with Crippen molar-refractivity contribution < 1.29 is 9.26 Å². The van der Waals surface area contributed by atoms with Gasteiger partial charge in [-0.05, 0) is 55.6 Å². The van der Waals surface area contributed by atoms with Gasteiger partial charge in [0.1, 0.15) is 6.10 Å². The van der Waals surface area contributed by atoms with E-state index < -0.39 is 0 Å². The Labute approximate surface area is 190 Å². The number of fused-ring (bicyclic) bond motifs is 1. The predicted octanol–water partition coefficient (Wildman–Crippen LogP) is 4.35. The Balaban J connectivity index is 1.20. The molecule has 1 unspecified atom stereocenters. The quantitative estimate of drug-likeness (QED) is 0.425. The number of imidazole rings is 1. The molecule has 168 valence electrons. The van der Waals surface area contributed by atoms with E-state index >= 15 is 0 Å². The highest BCUT2D eigenvalue weighted by molar-refractivity contribution is 7.18. The lowest BCUT2D eigenvalue weighted by atomic mass is 9.92. The Kier molecular flexibility index (Phi) is 5.54. The van der Waals surface area contributed by atoms with E-state index in [9.17, 15) is 0 Å². The van der Waals surface area contributed by atoms with Crippen molar-refractivity contribution in [3.8, 4) is 16.5 Å². The zero-order chi connectivity index (χ0) is 22.2. The molecule has 0 aliphatic carbocycles. The maximum Gasteiger partial charge on any atom is 0.324 e. The largest absolute Gasteiger partial charge is 0.466 e. The summed E-state index contributed by atoms with van der Waals surface area (Å²) in [6.07, 6.45) is 7.67. The van der Waals surface area contributed by atoms with E-state index in [1.54, 1.807) is 10.7 Å². The minimum Gasteiger partial charge on any atom is -0.466 e. The van der Waals surface area contributed by atoms with Crippen molar-refractivity contribution >= 4 is 22.3 Å². The highest BCUT2D eigenvalue weighted by Gasteiger charge is 2.28. The number of ether oxygens (including phenoxy) is 1. The summed E-state index contributed by atoms with van der Waals surface area (Å²) in [5.41, 5.74) is 3.06. The summed E-state index contributed by atoms with van der Waals surface area (Å²) in [7, 11) is 0. The molecule has 1 saturated heterocycles. The smallest absolute Gasteiger partial charge is 0.324 e. The van der Waals surface area contributed by atoms with E-state index in [1.807, 2.05) is 25.4 Å². The van der Waals surface area contributed by atoms with Crippen LogP contribution < -0.4 is 9.64 Å². The van der Waals surface area contributed by atoms with Crippen molar-refractivity contribution in [2.75, 3.05) is 18.0 Å². The van der Waals surface area contributed by atoms with Gasteiger partial charge in [-0.15, -0.1) is 5.10 Å². The van der Waals surface area contributed by atoms with Gasteiger partial charge in [-0.25, -0.2) is 9.50 Å². The van der Waals surface area contributed by atoms with Gasteiger partial charge in [-0.2, -0.15) is 4.98 Å². The van der Waals surface area contributed by atoms with Gasteiger partial charge in [-0.3, -0.25) is 4.98 Å². The Morgan fingerprint density at radius 3 is 2.69 bits per heavy atom. The van der Waals surface area contributed by atoms with Crippen molar-refractivity contribution in [3.05, 3.63) is 36.0 Å². The molecule has 32 heavy (non-hydrogen) atoms. The Morgan fingerprint density at radius 2 is 2.00 bits per heavy atom. The van der Waals surface area contributed by atoms with E-state index in [2.05, 4.69) is 45.9 Å². The van der Waals surface area contributed by atoms with E-state index in [0.717, 1.165) is 53.5 Å². The fourth-order valence-electron chi connectivity index (χ4n) is 4.02. The number of rotatable bonds is 6. The molecule has 4 aromatic heterocycles. The first-order chi connectivity index (χ1) is 15.5. The van der Waals surface area contributed by atoms with Crippen LogP contribution in [-0.2, 0) is 0 Å². The normalized spacial score (nSPS) is 16.2. The average Bonchev–Trinajstić information content (AvgIpc) is 3.49. The first kappa shape index (κ1) is 20.9. The van der Waals surface area contributed by atoms with E-state index in [4.69, 9.17) is 14.2 Å². The molecule has 5 rings (SSSR count). The monoisotopic (exact) mass is 453 g/mol. The van der Waals surface area contributed by atoms with Crippen LogP contribution in [0.15, 0.2) is 29.2 Å². The fraction of sp³-hybridized carbons (Fsp3) is 0.500.